The summed E-state index contributed by atoms with van der Waals surface area (Å²) in [5.41, 5.74) is 3.55. The molecular weight excluding hydrogens is 556 g/mol. The second kappa shape index (κ2) is 21.5. The van der Waals surface area contributed by atoms with E-state index in [9.17, 15) is 24.3 Å². The summed E-state index contributed by atoms with van der Waals surface area (Å²) in [5.74, 6) is -1.54. The van der Waals surface area contributed by atoms with E-state index in [0.717, 1.165) is 0 Å². The number of aliphatic carboxylic acids is 1. The van der Waals surface area contributed by atoms with Crippen LogP contribution in [0.15, 0.2) is 35.9 Å². The first-order chi connectivity index (χ1) is 21.0. The van der Waals surface area contributed by atoms with Crippen molar-refractivity contribution in [3.05, 3.63) is 47.0 Å². The number of likely N-dealkylation sites (tertiary alicyclic amines) is 2. The number of carbonyl (C=O) groups is 4. The van der Waals surface area contributed by atoms with E-state index in [1.54, 1.807) is 31.2 Å². The fourth-order valence-corrected chi connectivity index (χ4v) is 5.56. The van der Waals surface area contributed by atoms with Crippen molar-refractivity contribution in [2.24, 2.45) is 5.92 Å². The normalized spacial score (nSPS) is 18.3. The smallest absolute Gasteiger partial charge is 0.326 e. The van der Waals surface area contributed by atoms with Gasteiger partial charge in [0.05, 0.1) is 12.6 Å². The third-order valence-corrected chi connectivity index (χ3v) is 8.01. The number of likely N-dealkylation sites (N-methyl/N-ethyl adjacent to an activating group) is 1. The molecule has 44 heavy (non-hydrogen) atoms. The average Bonchev–Trinajstić information content (AvgIpc) is 3.69. The number of benzene rings is 1. The van der Waals surface area contributed by atoms with Crippen LogP contribution in [-0.2, 0) is 32.0 Å². The molecule has 2 aliphatic heterocycles. The molecule has 1 aliphatic carbocycles. The number of nitrogens with one attached hydrogen (secondary N) is 1. The highest BCUT2D eigenvalue weighted by atomic mass is 16.4. The van der Waals surface area contributed by atoms with Gasteiger partial charge >= 0.3 is 5.97 Å². The standard InChI is InChI=1S/C17H27N3O5.C9H10.C6H13N.C3H8/c1-11(2)14(19(4)15(22)9-18-10-21)8-12(3)16(23)20-7-5-6-13(20)17(24)25;1-2-5-9-7-3-6-8(9)4-1;1-7-5-3-2-4-6-7;1-3-2/h8,10-11,13-14H,5-7,9H2,1-4H3,(H,18,21)(H,24,25);1-2,4-5H,3,6-7H2;2-6H2,1H3;3H2,1-2H3/b12-8+;;;/t13-,14+;;;/m0.../s1. The third kappa shape index (κ3) is 13.6. The Morgan fingerprint density at radius 3 is 2.02 bits per heavy atom. The van der Waals surface area contributed by atoms with Crippen LogP contribution in [0.1, 0.15) is 90.7 Å². The Morgan fingerprint density at radius 1 is 1.00 bits per heavy atom. The molecule has 0 spiro atoms. The maximum absolute atomic E-state index is 12.6. The minimum atomic E-state index is -0.994. The summed E-state index contributed by atoms with van der Waals surface area (Å²) < 4.78 is 0. The minimum Gasteiger partial charge on any atom is -0.480 e. The maximum Gasteiger partial charge on any atom is 0.326 e. The van der Waals surface area contributed by atoms with Crippen molar-refractivity contribution in [1.29, 1.82) is 0 Å². The summed E-state index contributed by atoms with van der Waals surface area (Å²) in [4.78, 5) is 51.6. The first kappa shape index (κ1) is 38.8. The summed E-state index contributed by atoms with van der Waals surface area (Å²) in [7, 11) is 3.81. The summed E-state index contributed by atoms with van der Waals surface area (Å²) in [5, 5.41) is 11.6. The molecule has 0 unspecified atom stereocenters. The highest BCUT2D eigenvalue weighted by molar-refractivity contribution is 5.96. The summed E-state index contributed by atoms with van der Waals surface area (Å²) in [6.07, 6.45) is 12.8. The quantitative estimate of drug-likeness (QED) is 0.317. The van der Waals surface area contributed by atoms with Gasteiger partial charge in [-0.15, -0.1) is 0 Å². The Kier molecular flexibility index (Phi) is 19.0. The molecule has 2 saturated heterocycles. The van der Waals surface area contributed by atoms with Gasteiger partial charge in [-0.3, -0.25) is 14.4 Å². The molecule has 0 aromatic heterocycles. The third-order valence-electron chi connectivity index (χ3n) is 8.01. The maximum atomic E-state index is 12.6. The van der Waals surface area contributed by atoms with E-state index in [0.29, 0.717) is 31.4 Å². The second-order valence-electron chi connectivity index (χ2n) is 12.3. The lowest BCUT2D eigenvalue weighted by Gasteiger charge is -2.30. The van der Waals surface area contributed by atoms with Gasteiger partial charge in [0.1, 0.15) is 6.04 Å². The Balaban J connectivity index is 0.000000405. The first-order valence-corrected chi connectivity index (χ1v) is 16.4. The van der Waals surface area contributed by atoms with Gasteiger partial charge < -0.3 is 25.1 Å². The number of piperidine rings is 1. The molecule has 0 radical (unpaired) electrons. The van der Waals surface area contributed by atoms with Crippen molar-refractivity contribution in [2.75, 3.05) is 40.3 Å². The lowest BCUT2D eigenvalue weighted by atomic mass is 9.99. The van der Waals surface area contributed by atoms with Crippen LogP contribution in [0.25, 0.3) is 0 Å². The number of carbonyl (C=O) groups excluding carboxylic acids is 3. The Hall–Kier alpha value is -3.20. The molecule has 3 amide bonds. The van der Waals surface area contributed by atoms with Crippen LogP contribution in [-0.4, -0.2) is 96.4 Å². The molecule has 248 valence electrons. The zero-order chi connectivity index (χ0) is 33.1. The van der Waals surface area contributed by atoms with E-state index in [2.05, 4.69) is 55.4 Å². The number of carboxylic acid groups (broad SMARTS) is 1. The highest BCUT2D eigenvalue weighted by Crippen LogP contribution is 2.22. The van der Waals surface area contributed by atoms with Gasteiger partial charge in [0.2, 0.25) is 18.2 Å². The summed E-state index contributed by atoms with van der Waals surface area (Å²) in [6, 6.07) is 7.61. The zero-order valence-corrected chi connectivity index (χ0v) is 28.3. The highest BCUT2D eigenvalue weighted by Gasteiger charge is 2.34. The van der Waals surface area contributed by atoms with Gasteiger partial charge in [0, 0.05) is 19.2 Å². The van der Waals surface area contributed by atoms with Crippen LogP contribution >= 0.6 is 0 Å². The van der Waals surface area contributed by atoms with Crippen molar-refractivity contribution in [3.63, 3.8) is 0 Å². The molecule has 2 fully saturated rings. The number of amides is 3. The topological polar surface area (TPSA) is 110 Å². The van der Waals surface area contributed by atoms with Crippen LogP contribution in [0.5, 0.6) is 0 Å². The molecule has 9 heteroatoms. The number of nitrogens with zero attached hydrogens (tertiary/aromatic N) is 3. The van der Waals surface area contributed by atoms with E-state index >= 15 is 0 Å². The SMILES string of the molecule is C/C(=C\[C@H](C(C)C)N(C)C(=O)CNC=O)C(=O)N1CCC[C@H]1C(=O)O.CCC.CN1CCCCC1.c1ccc2c(c1)CCC2. The number of fused-ring (bicyclic) bond motifs is 1. The van der Waals surface area contributed by atoms with E-state index in [4.69, 9.17) is 0 Å². The molecule has 1 aromatic rings. The number of hydrogen-bond acceptors (Lipinski definition) is 5. The fraction of sp³-hybridized carbons (Fsp3) is 0.657. The molecule has 2 heterocycles. The predicted molar refractivity (Wildman–Crippen MR) is 177 cm³/mol. The van der Waals surface area contributed by atoms with Crippen LogP contribution in [0, 0.1) is 5.92 Å². The molecule has 4 rings (SSSR count). The monoisotopic (exact) mass is 614 g/mol. The fourth-order valence-electron chi connectivity index (χ4n) is 5.56. The van der Waals surface area contributed by atoms with Gasteiger partial charge in [-0.05, 0) is 89.1 Å². The largest absolute Gasteiger partial charge is 0.480 e. The van der Waals surface area contributed by atoms with E-state index in [1.165, 1.54) is 67.8 Å². The second-order valence-corrected chi connectivity index (χ2v) is 12.3. The van der Waals surface area contributed by atoms with Crippen molar-refractivity contribution in [1.82, 2.24) is 20.0 Å². The molecule has 9 nitrogen and oxygen atoms in total. The van der Waals surface area contributed by atoms with Gasteiger partial charge in [0.15, 0.2) is 0 Å². The lowest BCUT2D eigenvalue weighted by molar-refractivity contribution is -0.146. The van der Waals surface area contributed by atoms with Gasteiger partial charge in [-0.25, -0.2) is 4.79 Å². The van der Waals surface area contributed by atoms with E-state index < -0.39 is 12.0 Å². The molecule has 2 N–H and O–H groups in total. The van der Waals surface area contributed by atoms with Gasteiger partial charge in [0.25, 0.3) is 0 Å². The van der Waals surface area contributed by atoms with E-state index in [1.807, 2.05) is 13.8 Å². The predicted octanol–water partition coefficient (Wildman–Crippen LogP) is 4.93. The lowest BCUT2D eigenvalue weighted by Crippen LogP contribution is -2.44. The molecule has 2 atom stereocenters. The minimum absolute atomic E-state index is 0.0433. The van der Waals surface area contributed by atoms with Crippen molar-refractivity contribution < 1.29 is 24.3 Å². The molecule has 3 aliphatic rings. The molecular formula is C35H58N4O5. The average molecular weight is 615 g/mol. The Bertz CT molecular complexity index is 1030. The van der Waals surface area contributed by atoms with Crippen molar-refractivity contribution in [2.45, 2.75) is 104 Å². The van der Waals surface area contributed by atoms with Crippen LogP contribution < -0.4 is 5.32 Å². The summed E-state index contributed by atoms with van der Waals surface area (Å²) in [6.45, 7) is 12.7. The molecule has 1 aromatic carbocycles. The van der Waals surface area contributed by atoms with Crippen molar-refractivity contribution >= 4 is 24.2 Å². The van der Waals surface area contributed by atoms with Gasteiger partial charge in [-0.1, -0.05) is 70.9 Å². The zero-order valence-electron chi connectivity index (χ0n) is 28.3. The Labute approximate surface area is 266 Å². The van der Waals surface area contributed by atoms with Crippen LogP contribution in [0.3, 0.4) is 0 Å². The Morgan fingerprint density at radius 2 is 1.57 bits per heavy atom. The summed E-state index contributed by atoms with van der Waals surface area (Å²) >= 11 is 0. The van der Waals surface area contributed by atoms with Crippen LogP contribution in [0.4, 0.5) is 0 Å². The number of rotatable bonds is 8. The van der Waals surface area contributed by atoms with Gasteiger partial charge in [-0.2, -0.15) is 0 Å². The van der Waals surface area contributed by atoms with Crippen LogP contribution in [0.2, 0.25) is 0 Å². The number of carboxylic acids is 1. The van der Waals surface area contributed by atoms with Crippen molar-refractivity contribution in [3.8, 4) is 0 Å². The number of aryl methyl sites for hydroxylation is 2. The number of hydrogen-bond donors (Lipinski definition) is 2. The molecule has 0 saturated carbocycles. The van der Waals surface area contributed by atoms with E-state index in [-0.39, 0.29) is 30.3 Å². The first-order valence-electron chi connectivity index (χ1n) is 16.4. The molecule has 0 bridgehead atoms.